The average Bonchev–Trinajstić information content (AvgIpc) is 3.01. The van der Waals surface area contributed by atoms with E-state index in [2.05, 4.69) is 10.3 Å². The molecule has 1 fully saturated rings. The van der Waals surface area contributed by atoms with Gasteiger partial charge in [-0.15, -0.1) is 0 Å². The van der Waals surface area contributed by atoms with Crippen molar-refractivity contribution in [2.24, 2.45) is 0 Å². The number of H-pyrrole nitrogens is 1. The van der Waals surface area contributed by atoms with Crippen LogP contribution >= 0.6 is 0 Å². The number of morpholine rings is 1. The fourth-order valence-corrected chi connectivity index (χ4v) is 3.48. The van der Waals surface area contributed by atoms with Gasteiger partial charge in [-0.3, -0.25) is 9.59 Å². The second-order valence-electron chi connectivity index (χ2n) is 6.98. The van der Waals surface area contributed by atoms with Crippen LogP contribution in [0.4, 0.5) is 4.39 Å². The molecular weight excluding hydrogens is 369 g/mol. The number of rotatable bonds is 5. The Morgan fingerprint density at radius 3 is 2.82 bits per heavy atom. The monoisotopic (exact) mass is 391 g/mol. The third-order valence-electron chi connectivity index (χ3n) is 4.68. The van der Waals surface area contributed by atoms with E-state index in [4.69, 9.17) is 4.74 Å². The number of hydrogen-bond acceptors (Lipinski definition) is 4. The molecule has 0 bridgehead atoms. The van der Waals surface area contributed by atoms with Gasteiger partial charge in [0.15, 0.2) is 6.10 Å². The van der Waals surface area contributed by atoms with Crippen molar-refractivity contribution in [3.8, 4) is 0 Å². The standard InChI is InChI=1S/C19H22FN3O5/c1-10-8-23(9-17(28-10)19(26)27)18(25)16(22-11(2)24)5-12-7-21-15-6-13(20)3-4-14(12)15/h3-4,6-7,10,16-17,21H,5,8-9H2,1-2H3,(H,22,24)(H,26,27)/t10-,16?,17?/m1/s1. The topological polar surface area (TPSA) is 112 Å². The minimum atomic E-state index is -1.14. The van der Waals surface area contributed by atoms with Crippen LogP contribution in [0, 0.1) is 5.82 Å². The number of carboxylic acids is 1. The van der Waals surface area contributed by atoms with Crippen LogP contribution in [0.5, 0.6) is 0 Å². The van der Waals surface area contributed by atoms with Crippen LogP contribution in [0.25, 0.3) is 10.9 Å². The van der Waals surface area contributed by atoms with E-state index in [0.29, 0.717) is 5.52 Å². The van der Waals surface area contributed by atoms with Gasteiger partial charge in [0.1, 0.15) is 11.9 Å². The summed E-state index contributed by atoms with van der Waals surface area (Å²) in [7, 11) is 0. The molecule has 1 aromatic carbocycles. The normalized spacial score (nSPS) is 20.8. The number of carboxylic acid groups (broad SMARTS) is 1. The van der Waals surface area contributed by atoms with Gasteiger partial charge in [0.2, 0.25) is 11.8 Å². The fraction of sp³-hybridized carbons (Fsp3) is 0.421. The fourth-order valence-electron chi connectivity index (χ4n) is 3.48. The van der Waals surface area contributed by atoms with Crippen molar-refractivity contribution in [3.63, 3.8) is 0 Å². The number of aromatic amines is 1. The quantitative estimate of drug-likeness (QED) is 0.706. The number of aliphatic carboxylic acids is 1. The lowest BCUT2D eigenvalue weighted by Crippen LogP contribution is -2.57. The first-order valence-electron chi connectivity index (χ1n) is 8.94. The van der Waals surface area contributed by atoms with Crippen molar-refractivity contribution in [1.29, 1.82) is 0 Å². The number of benzene rings is 1. The maximum absolute atomic E-state index is 13.4. The van der Waals surface area contributed by atoms with Gasteiger partial charge in [-0.25, -0.2) is 9.18 Å². The van der Waals surface area contributed by atoms with Crippen molar-refractivity contribution < 1.29 is 28.6 Å². The van der Waals surface area contributed by atoms with Crippen molar-refractivity contribution in [2.45, 2.75) is 38.5 Å². The van der Waals surface area contributed by atoms with Crippen LogP contribution in [0.2, 0.25) is 0 Å². The Kier molecular flexibility index (Phi) is 5.64. The van der Waals surface area contributed by atoms with E-state index in [1.165, 1.54) is 24.0 Å². The summed E-state index contributed by atoms with van der Waals surface area (Å²) in [6.07, 6.45) is 0.316. The Morgan fingerprint density at radius 2 is 2.14 bits per heavy atom. The molecule has 150 valence electrons. The molecule has 1 aromatic heterocycles. The third-order valence-corrected chi connectivity index (χ3v) is 4.68. The summed E-state index contributed by atoms with van der Waals surface area (Å²) in [5, 5.41) is 12.6. The molecule has 2 heterocycles. The van der Waals surface area contributed by atoms with Crippen molar-refractivity contribution in [3.05, 3.63) is 35.8 Å². The molecule has 2 amide bonds. The molecule has 3 N–H and O–H groups in total. The van der Waals surface area contributed by atoms with Gasteiger partial charge in [-0.2, -0.15) is 0 Å². The Bertz CT molecular complexity index is 912. The van der Waals surface area contributed by atoms with Gasteiger partial charge in [-0.05, 0) is 30.7 Å². The second-order valence-corrected chi connectivity index (χ2v) is 6.98. The number of nitrogens with one attached hydrogen (secondary N) is 2. The number of aromatic nitrogens is 1. The predicted octanol–water partition coefficient (Wildman–Crippen LogP) is 1.05. The molecule has 0 saturated carbocycles. The van der Waals surface area contributed by atoms with Gasteiger partial charge in [0, 0.05) is 37.0 Å². The van der Waals surface area contributed by atoms with Gasteiger partial charge < -0.3 is 25.0 Å². The van der Waals surface area contributed by atoms with Gasteiger partial charge in [0.25, 0.3) is 0 Å². The molecule has 3 atom stereocenters. The largest absolute Gasteiger partial charge is 0.479 e. The molecule has 28 heavy (non-hydrogen) atoms. The van der Waals surface area contributed by atoms with Crippen molar-refractivity contribution >= 4 is 28.7 Å². The minimum Gasteiger partial charge on any atom is -0.479 e. The third kappa shape index (κ3) is 4.30. The molecular formula is C19H22FN3O5. The molecule has 0 spiro atoms. The average molecular weight is 391 g/mol. The lowest BCUT2D eigenvalue weighted by Gasteiger charge is -2.36. The molecule has 9 heteroatoms. The zero-order valence-electron chi connectivity index (χ0n) is 15.6. The highest BCUT2D eigenvalue weighted by Gasteiger charge is 2.35. The molecule has 1 saturated heterocycles. The highest BCUT2D eigenvalue weighted by atomic mass is 19.1. The van der Waals surface area contributed by atoms with Gasteiger partial charge in [0.05, 0.1) is 12.6 Å². The van der Waals surface area contributed by atoms with E-state index < -0.39 is 24.2 Å². The van der Waals surface area contributed by atoms with E-state index in [0.717, 1.165) is 10.9 Å². The number of carbonyl (C=O) groups is 3. The summed E-state index contributed by atoms with van der Waals surface area (Å²) in [5.74, 6) is -2.27. The number of amides is 2. The summed E-state index contributed by atoms with van der Waals surface area (Å²) in [5.41, 5.74) is 1.34. The van der Waals surface area contributed by atoms with E-state index >= 15 is 0 Å². The SMILES string of the molecule is CC(=O)NC(Cc1c[nH]c2cc(F)ccc12)C(=O)N1CC(C(=O)O)O[C@H](C)C1. The summed E-state index contributed by atoms with van der Waals surface area (Å²) >= 11 is 0. The molecule has 1 aliphatic rings. The number of halogens is 1. The highest BCUT2D eigenvalue weighted by molar-refractivity contribution is 5.89. The lowest BCUT2D eigenvalue weighted by molar-refractivity contribution is -0.167. The number of ether oxygens (including phenoxy) is 1. The number of hydrogen-bond donors (Lipinski definition) is 3. The smallest absolute Gasteiger partial charge is 0.334 e. The molecule has 0 radical (unpaired) electrons. The zero-order chi connectivity index (χ0) is 20.4. The van der Waals surface area contributed by atoms with E-state index in [9.17, 15) is 23.9 Å². The van der Waals surface area contributed by atoms with Crippen LogP contribution in [0.1, 0.15) is 19.4 Å². The first-order valence-corrected chi connectivity index (χ1v) is 8.94. The Labute approximate surface area is 160 Å². The molecule has 0 aliphatic carbocycles. The predicted molar refractivity (Wildman–Crippen MR) is 98.1 cm³/mol. The first kappa shape index (κ1) is 19.8. The van der Waals surface area contributed by atoms with E-state index in [1.54, 1.807) is 19.2 Å². The summed E-state index contributed by atoms with van der Waals surface area (Å²) in [4.78, 5) is 40.4. The minimum absolute atomic E-state index is 0.0896. The molecule has 1 aliphatic heterocycles. The van der Waals surface area contributed by atoms with Crippen LogP contribution in [-0.4, -0.2) is 64.1 Å². The molecule has 8 nitrogen and oxygen atoms in total. The van der Waals surface area contributed by atoms with Crippen molar-refractivity contribution in [1.82, 2.24) is 15.2 Å². The number of fused-ring (bicyclic) bond motifs is 1. The van der Waals surface area contributed by atoms with Crippen LogP contribution in [0.3, 0.4) is 0 Å². The Morgan fingerprint density at radius 1 is 1.39 bits per heavy atom. The highest BCUT2D eigenvalue weighted by Crippen LogP contribution is 2.22. The van der Waals surface area contributed by atoms with E-state index in [-0.39, 0.29) is 37.1 Å². The van der Waals surface area contributed by atoms with Crippen molar-refractivity contribution in [2.75, 3.05) is 13.1 Å². The first-order chi connectivity index (χ1) is 13.2. The molecule has 2 aromatic rings. The molecule has 2 unspecified atom stereocenters. The number of carbonyl (C=O) groups excluding carboxylic acids is 2. The maximum atomic E-state index is 13.4. The Balaban J connectivity index is 1.83. The van der Waals surface area contributed by atoms with Gasteiger partial charge >= 0.3 is 5.97 Å². The maximum Gasteiger partial charge on any atom is 0.334 e. The van der Waals surface area contributed by atoms with Gasteiger partial charge in [-0.1, -0.05) is 0 Å². The van der Waals surface area contributed by atoms with Crippen LogP contribution in [0.15, 0.2) is 24.4 Å². The molecule has 3 rings (SSSR count). The Hall–Kier alpha value is -2.94. The summed E-state index contributed by atoms with van der Waals surface area (Å²) in [6.45, 7) is 3.15. The lowest BCUT2D eigenvalue weighted by atomic mass is 10.0. The van der Waals surface area contributed by atoms with Crippen LogP contribution in [-0.2, 0) is 25.5 Å². The zero-order valence-corrected chi connectivity index (χ0v) is 15.6. The van der Waals surface area contributed by atoms with Crippen LogP contribution < -0.4 is 5.32 Å². The second kappa shape index (κ2) is 7.97. The van der Waals surface area contributed by atoms with E-state index in [1.807, 2.05) is 0 Å². The summed E-state index contributed by atoms with van der Waals surface area (Å²) in [6, 6.07) is 3.43. The summed E-state index contributed by atoms with van der Waals surface area (Å²) < 4.78 is 18.7. The number of nitrogens with zero attached hydrogens (tertiary/aromatic N) is 1.